The maximum Gasteiger partial charge on any atom is 0.258 e. The molecule has 2 amide bonds. The molecule has 1 atom stereocenters. The van der Waals surface area contributed by atoms with E-state index in [9.17, 15) is 9.59 Å². The topological polar surface area (TPSA) is 67.9 Å². The second-order valence-electron chi connectivity index (χ2n) is 5.92. The van der Waals surface area contributed by atoms with Crippen LogP contribution in [0.2, 0.25) is 5.02 Å². The van der Waals surface area contributed by atoms with Gasteiger partial charge in [0, 0.05) is 29.7 Å². The fourth-order valence-electron chi connectivity index (χ4n) is 2.78. The van der Waals surface area contributed by atoms with E-state index in [1.54, 1.807) is 42.3 Å². The number of amides is 2. The molecule has 136 valence electrons. The second-order valence-corrected chi connectivity index (χ2v) is 6.35. The zero-order chi connectivity index (χ0) is 18.5. The summed E-state index contributed by atoms with van der Waals surface area (Å²) in [6.07, 6.45) is 0.254. The first-order valence-corrected chi connectivity index (χ1v) is 8.55. The van der Waals surface area contributed by atoms with Gasteiger partial charge in [-0.2, -0.15) is 0 Å². The van der Waals surface area contributed by atoms with Crippen LogP contribution in [0, 0.1) is 0 Å². The van der Waals surface area contributed by atoms with Gasteiger partial charge in [0.15, 0.2) is 6.61 Å². The number of hydrogen-bond donors (Lipinski definition) is 1. The van der Waals surface area contributed by atoms with Crippen LogP contribution in [0.1, 0.15) is 6.42 Å². The zero-order valence-corrected chi connectivity index (χ0v) is 15.0. The summed E-state index contributed by atoms with van der Waals surface area (Å²) < 4.78 is 10.6. The molecule has 1 aliphatic heterocycles. The molecule has 3 rings (SSSR count). The Hall–Kier alpha value is -2.73. The normalized spacial score (nSPS) is 16.5. The summed E-state index contributed by atoms with van der Waals surface area (Å²) in [6.45, 7) is 0.296. The standard InChI is InChI=1S/C19H19ClN2O4/c1-25-17-4-2-3-15(10-17)22-11-14(9-19(22)24)21-18(23)12-26-16-7-5-13(20)6-8-16/h2-8,10,14H,9,11-12H2,1H3,(H,21,23)/t14-/m1/s1. The summed E-state index contributed by atoms with van der Waals surface area (Å²) >= 11 is 5.81. The third-order valence-corrected chi connectivity index (χ3v) is 4.29. The number of nitrogens with zero attached hydrogens (tertiary/aromatic N) is 1. The minimum absolute atomic E-state index is 0.0397. The monoisotopic (exact) mass is 374 g/mol. The van der Waals surface area contributed by atoms with E-state index in [-0.39, 0.29) is 30.9 Å². The zero-order valence-electron chi connectivity index (χ0n) is 14.3. The Balaban J connectivity index is 1.53. The van der Waals surface area contributed by atoms with Gasteiger partial charge in [-0.3, -0.25) is 9.59 Å². The van der Waals surface area contributed by atoms with Gasteiger partial charge < -0.3 is 19.7 Å². The summed E-state index contributed by atoms with van der Waals surface area (Å²) in [5.41, 5.74) is 0.753. The highest BCUT2D eigenvalue weighted by Crippen LogP contribution is 2.25. The number of halogens is 1. The molecule has 26 heavy (non-hydrogen) atoms. The average Bonchev–Trinajstić information content (AvgIpc) is 3.01. The number of nitrogens with one attached hydrogen (secondary N) is 1. The molecular formula is C19H19ClN2O4. The van der Waals surface area contributed by atoms with E-state index < -0.39 is 0 Å². The summed E-state index contributed by atoms with van der Waals surface area (Å²) in [5.74, 6) is 0.927. The van der Waals surface area contributed by atoms with E-state index in [2.05, 4.69) is 5.32 Å². The Labute approximate surface area is 156 Å². The highest BCUT2D eigenvalue weighted by molar-refractivity contribution is 6.30. The quantitative estimate of drug-likeness (QED) is 0.844. The molecule has 0 aromatic heterocycles. The van der Waals surface area contributed by atoms with Crippen molar-refractivity contribution in [3.63, 3.8) is 0 Å². The van der Waals surface area contributed by atoms with Gasteiger partial charge in [0.05, 0.1) is 13.2 Å². The van der Waals surface area contributed by atoms with Crippen LogP contribution in [0.25, 0.3) is 0 Å². The number of anilines is 1. The molecular weight excluding hydrogens is 356 g/mol. The summed E-state index contributed by atoms with van der Waals surface area (Å²) in [5, 5.41) is 3.44. The molecule has 0 aliphatic carbocycles. The van der Waals surface area contributed by atoms with Crippen molar-refractivity contribution >= 4 is 29.1 Å². The maximum atomic E-state index is 12.3. The minimum Gasteiger partial charge on any atom is -0.497 e. The number of hydrogen-bond acceptors (Lipinski definition) is 4. The first-order chi connectivity index (χ1) is 12.5. The Morgan fingerprint density at radius 3 is 2.73 bits per heavy atom. The molecule has 0 radical (unpaired) electrons. The maximum absolute atomic E-state index is 12.3. The Bertz CT molecular complexity index is 794. The number of carbonyl (C=O) groups is 2. The van der Waals surface area contributed by atoms with Crippen LogP contribution in [0.15, 0.2) is 48.5 Å². The number of carbonyl (C=O) groups excluding carboxylic acids is 2. The molecule has 1 heterocycles. The predicted molar refractivity (Wildman–Crippen MR) is 98.8 cm³/mol. The predicted octanol–water partition coefficient (Wildman–Crippen LogP) is 2.65. The van der Waals surface area contributed by atoms with Crippen LogP contribution in [0.5, 0.6) is 11.5 Å². The highest BCUT2D eigenvalue weighted by atomic mass is 35.5. The van der Waals surface area contributed by atoms with Crippen LogP contribution in [-0.4, -0.2) is 38.1 Å². The molecule has 1 saturated heterocycles. The lowest BCUT2D eigenvalue weighted by molar-refractivity contribution is -0.123. The molecule has 1 aliphatic rings. The fourth-order valence-corrected chi connectivity index (χ4v) is 2.91. The van der Waals surface area contributed by atoms with Crippen LogP contribution in [0.3, 0.4) is 0 Å². The summed E-state index contributed by atoms with van der Waals surface area (Å²) in [4.78, 5) is 26.0. The van der Waals surface area contributed by atoms with E-state index >= 15 is 0 Å². The van der Waals surface area contributed by atoms with Gasteiger partial charge in [-0.15, -0.1) is 0 Å². The van der Waals surface area contributed by atoms with Crippen LogP contribution >= 0.6 is 11.6 Å². The lowest BCUT2D eigenvalue weighted by Crippen LogP contribution is -2.39. The lowest BCUT2D eigenvalue weighted by Gasteiger charge is -2.18. The summed E-state index contributed by atoms with van der Waals surface area (Å²) in [6, 6.07) is 13.8. The first kappa shape index (κ1) is 18.1. The van der Waals surface area contributed by atoms with Crippen LogP contribution in [-0.2, 0) is 9.59 Å². The van der Waals surface area contributed by atoms with E-state index in [0.29, 0.717) is 23.1 Å². The average molecular weight is 375 g/mol. The largest absolute Gasteiger partial charge is 0.497 e. The SMILES string of the molecule is COc1cccc(N2C[C@H](NC(=O)COc3ccc(Cl)cc3)CC2=O)c1. The van der Waals surface area contributed by atoms with Crippen LogP contribution < -0.4 is 19.7 Å². The molecule has 0 spiro atoms. The van der Waals surface area contributed by atoms with Gasteiger partial charge in [0.1, 0.15) is 11.5 Å². The molecule has 0 unspecified atom stereocenters. The molecule has 1 N–H and O–H groups in total. The first-order valence-electron chi connectivity index (χ1n) is 8.17. The second kappa shape index (κ2) is 8.10. The summed E-state index contributed by atoms with van der Waals surface area (Å²) in [7, 11) is 1.58. The van der Waals surface area contributed by atoms with E-state index in [1.807, 2.05) is 18.2 Å². The van der Waals surface area contributed by atoms with Gasteiger partial charge in [-0.05, 0) is 36.4 Å². The van der Waals surface area contributed by atoms with Crippen molar-refractivity contribution in [1.82, 2.24) is 5.32 Å². The molecule has 2 aromatic carbocycles. The Morgan fingerprint density at radius 1 is 1.23 bits per heavy atom. The van der Waals surface area contributed by atoms with Crippen molar-refractivity contribution in [2.24, 2.45) is 0 Å². The van der Waals surface area contributed by atoms with E-state index in [0.717, 1.165) is 5.69 Å². The Morgan fingerprint density at radius 2 is 2.00 bits per heavy atom. The smallest absolute Gasteiger partial charge is 0.258 e. The van der Waals surface area contributed by atoms with Gasteiger partial charge in [0.25, 0.3) is 5.91 Å². The fraction of sp³-hybridized carbons (Fsp3) is 0.263. The van der Waals surface area contributed by atoms with Gasteiger partial charge in [-0.25, -0.2) is 0 Å². The molecule has 2 aromatic rings. The van der Waals surface area contributed by atoms with Crippen molar-refractivity contribution in [2.45, 2.75) is 12.5 Å². The number of ether oxygens (including phenoxy) is 2. The number of rotatable bonds is 6. The van der Waals surface area contributed by atoms with Crippen molar-refractivity contribution < 1.29 is 19.1 Å². The van der Waals surface area contributed by atoms with Gasteiger partial charge in [0.2, 0.25) is 5.91 Å². The van der Waals surface area contributed by atoms with Crippen molar-refractivity contribution in [1.29, 1.82) is 0 Å². The number of benzene rings is 2. The van der Waals surface area contributed by atoms with Crippen molar-refractivity contribution in [2.75, 3.05) is 25.2 Å². The molecule has 7 heteroatoms. The van der Waals surface area contributed by atoms with Gasteiger partial charge in [-0.1, -0.05) is 17.7 Å². The number of methoxy groups -OCH3 is 1. The Kier molecular flexibility index (Phi) is 5.63. The van der Waals surface area contributed by atoms with Crippen molar-refractivity contribution in [3.8, 4) is 11.5 Å². The van der Waals surface area contributed by atoms with Crippen molar-refractivity contribution in [3.05, 3.63) is 53.6 Å². The molecule has 0 bridgehead atoms. The van der Waals surface area contributed by atoms with Crippen LogP contribution in [0.4, 0.5) is 5.69 Å². The van der Waals surface area contributed by atoms with Gasteiger partial charge >= 0.3 is 0 Å². The molecule has 0 saturated carbocycles. The lowest BCUT2D eigenvalue weighted by atomic mass is 10.2. The molecule has 6 nitrogen and oxygen atoms in total. The van der Waals surface area contributed by atoms with E-state index in [4.69, 9.17) is 21.1 Å². The minimum atomic E-state index is -0.273. The molecule has 1 fully saturated rings. The third-order valence-electron chi connectivity index (χ3n) is 4.04. The highest BCUT2D eigenvalue weighted by Gasteiger charge is 2.31. The van der Waals surface area contributed by atoms with E-state index in [1.165, 1.54) is 0 Å². The third kappa shape index (κ3) is 4.46.